The van der Waals surface area contributed by atoms with Gasteiger partial charge in [-0.05, 0) is 31.3 Å². The third-order valence-corrected chi connectivity index (χ3v) is 3.10. The molecule has 2 unspecified atom stereocenters. The van der Waals surface area contributed by atoms with Crippen LogP contribution in [0.1, 0.15) is 33.6 Å². The van der Waals surface area contributed by atoms with Crippen molar-refractivity contribution in [1.82, 2.24) is 0 Å². The second-order valence-electron chi connectivity index (χ2n) is 4.48. The van der Waals surface area contributed by atoms with Crippen LogP contribution in [0, 0.1) is 11.8 Å². The van der Waals surface area contributed by atoms with Crippen molar-refractivity contribution in [3.8, 4) is 0 Å². The molecule has 1 nitrogen and oxygen atoms in total. The summed E-state index contributed by atoms with van der Waals surface area (Å²) in [5, 5.41) is 0. The van der Waals surface area contributed by atoms with Crippen LogP contribution >= 0.6 is 0 Å². The molecule has 2 aliphatic rings. The van der Waals surface area contributed by atoms with Gasteiger partial charge in [0.05, 0.1) is 0 Å². The fourth-order valence-electron chi connectivity index (χ4n) is 2.60. The summed E-state index contributed by atoms with van der Waals surface area (Å²) in [5.74, 6) is 1.23. The van der Waals surface area contributed by atoms with Crippen LogP contribution in [0.3, 0.4) is 0 Å². The summed E-state index contributed by atoms with van der Waals surface area (Å²) in [6, 6.07) is 0. The highest BCUT2D eigenvalue weighted by Gasteiger charge is 2.32. The Morgan fingerprint density at radius 1 is 1.31 bits per heavy atom. The number of rotatable bonds is 0. The maximum atomic E-state index is 11.8. The highest BCUT2D eigenvalue weighted by molar-refractivity contribution is 6.04. The predicted octanol–water partition coefficient (Wildman–Crippen LogP) is 2.88. The van der Waals surface area contributed by atoms with Crippen molar-refractivity contribution in [1.29, 1.82) is 0 Å². The molecule has 2 aliphatic carbocycles. The Morgan fingerprint density at radius 2 is 2.00 bits per heavy atom. The lowest BCUT2D eigenvalue weighted by Crippen LogP contribution is -2.09. The molecule has 70 valence electrons. The Morgan fingerprint density at radius 3 is 2.69 bits per heavy atom. The van der Waals surface area contributed by atoms with Gasteiger partial charge in [0.25, 0.3) is 0 Å². The minimum absolute atomic E-state index is 0.235. The first-order valence-electron chi connectivity index (χ1n) is 5.04. The van der Waals surface area contributed by atoms with E-state index in [-0.39, 0.29) is 5.92 Å². The van der Waals surface area contributed by atoms with Gasteiger partial charge < -0.3 is 0 Å². The van der Waals surface area contributed by atoms with Crippen LogP contribution in [-0.2, 0) is 4.79 Å². The number of ketones is 1. The third kappa shape index (κ3) is 1.27. The molecule has 2 rings (SSSR count). The van der Waals surface area contributed by atoms with Gasteiger partial charge in [-0.1, -0.05) is 25.5 Å². The SMILES string of the molecule is CC1=CC(C)CC2=C1C(=O)C(C)C2. The van der Waals surface area contributed by atoms with E-state index in [0.29, 0.717) is 11.7 Å². The lowest BCUT2D eigenvalue weighted by Gasteiger charge is -2.17. The fourth-order valence-corrected chi connectivity index (χ4v) is 2.60. The van der Waals surface area contributed by atoms with Crippen LogP contribution in [-0.4, -0.2) is 5.78 Å². The number of allylic oxidation sites excluding steroid dienone is 4. The van der Waals surface area contributed by atoms with E-state index in [9.17, 15) is 4.79 Å². The van der Waals surface area contributed by atoms with Crippen molar-refractivity contribution in [3.63, 3.8) is 0 Å². The molecule has 0 fully saturated rings. The zero-order valence-electron chi connectivity index (χ0n) is 8.55. The Balaban J connectivity index is 2.40. The summed E-state index contributed by atoms with van der Waals surface area (Å²) in [4.78, 5) is 11.8. The maximum Gasteiger partial charge on any atom is 0.166 e. The van der Waals surface area contributed by atoms with Gasteiger partial charge in [0.15, 0.2) is 5.78 Å². The van der Waals surface area contributed by atoms with E-state index in [2.05, 4.69) is 19.9 Å². The summed E-state index contributed by atoms with van der Waals surface area (Å²) in [6.45, 7) is 6.33. The molecule has 2 atom stereocenters. The summed E-state index contributed by atoms with van der Waals surface area (Å²) < 4.78 is 0. The monoisotopic (exact) mass is 176 g/mol. The molecule has 0 aliphatic heterocycles. The summed E-state index contributed by atoms with van der Waals surface area (Å²) in [5.41, 5.74) is 3.68. The molecule has 1 heteroatoms. The van der Waals surface area contributed by atoms with Crippen molar-refractivity contribution in [2.24, 2.45) is 11.8 Å². The molecule has 0 aromatic carbocycles. The molecule has 0 amide bonds. The van der Waals surface area contributed by atoms with Gasteiger partial charge in [-0.15, -0.1) is 0 Å². The van der Waals surface area contributed by atoms with E-state index in [4.69, 9.17) is 0 Å². The number of hydrogen-bond acceptors (Lipinski definition) is 1. The van der Waals surface area contributed by atoms with Crippen LogP contribution in [0.15, 0.2) is 22.8 Å². The van der Waals surface area contributed by atoms with Crippen molar-refractivity contribution >= 4 is 5.78 Å². The van der Waals surface area contributed by atoms with Crippen molar-refractivity contribution in [2.75, 3.05) is 0 Å². The second-order valence-corrected chi connectivity index (χ2v) is 4.48. The zero-order valence-corrected chi connectivity index (χ0v) is 8.55. The van der Waals surface area contributed by atoms with Gasteiger partial charge in [0.1, 0.15) is 0 Å². The van der Waals surface area contributed by atoms with E-state index in [1.54, 1.807) is 0 Å². The number of hydrogen-bond donors (Lipinski definition) is 0. The molecule has 0 bridgehead atoms. The Hall–Kier alpha value is -0.850. The largest absolute Gasteiger partial charge is 0.294 e. The van der Waals surface area contributed by atoms with Crippen LogP contribution in [0.25, 0.3) is 0 Å². The van der Waals surface area contributed by atoms with Crippen LogP contribution in [0.5, 0.6) is 0 Å². The van der Waals surface area contributed by atoms with Gasteiger partial charge in [-0.3, -0.25) is 4.79 Å². The minimum Gasteiger partial charge on any atom is -0.294 e. The smallest absolute Gasteiger partial charge is 0.166 e. The molecule has 13 heavy (non-hydrogen) atoms. The van der Waals surface area contributed by atoms with Crippen molar-refractivity contribution in [3.05, 3.63) is 22.8 Å². The Labute approximate surface area is 79.5 Å². The molecular formula is C12H16O. The predicted molar refractivity (Wildman–Crippen MR) is 53.4 cm³/mol. The molecule has 0 heterocycles. The first-order valence-corrected chi connectivity index (χ1v) is 5.04. The van der Waals surface area contributed by atoms with Gasteiger partial charge in [0, 0.05) is 11.5 Å². The summed E-state index contributed by atoms with van der Waals surface area (Å²) >= 11 is 0. The van der Waals surface area contributed by atoms with E-state index in [1.807, 2.05) is 6.92 Å². The van der Waals surface area contributed by atoms with Gasteiger partial charge >= 0.3 is 0 Å². The molecule has 0 aromatic heterocycles. The first-order chi connectivity index (χ1) is 6.09. The molecular weight excluding hydrogens is 160 g/mol. The highest BCUT2D eigenvalue weighted by Crippen LogP contribution is 2.39. The van der Waals surface area contributed by atoms with Crippen LogP contribution in [0.4, 0.5) is 0 Å². The quantitative estimate of drug-likeness (QED) is 0.554. The molecule has 0 radical (unpaired) electrons. The molecule has 0 N–H and O–H groups in total. The summed E-state index contributed by atoms with van der Waals surface area (Å²) in [7, 11) is 0. The second kappa shape index (κ2) is 2.83. The number of Topliss-reactive ketones (excluding diaryl/α,β-unsaturated/α-hetero) is 1. The van der Waals surface area contributed by atoms with Crippen molar-refractivity contribution < 1.29 is 4.79 Å². The van der Waals surface area contributed by atoms with Gasteiger partial charge in [-0.25, -0.2) is 0 Å². The van der Waals surface area contributed by atoms with E-state index < -0.39 is 0 Å². The average Bonchev–Trinajstić information content (AvgIpc) is 2.27. The third-order valence-electron chi connectivity index (χ3n) is 3.10. The highest BCUT2D eigenvalue weighted by atomic mass is 16.1. The molecule has 0 aromatic rings. The normalized spacial score (nSPS) is 33.5. The maximum absolute atomic E-state index is 11.8. The van der Waals surface area contributed by atoms with Gasteiger partial charge in [0.2, 0.25) is 0 Å². The first kappa shape index (κ1) is 8.74. The molecule has 0 saturated heterocycles. The standard InChI is InChI=1S/C12H16O/c1-7-4-8(2)11-10(5-7)6-9(3)12(11)13/h4,7,9H,5-6H2,1-3H3. The van der Waals surface area contributed by atoms with Gasteiger partial charge in [-0.2, -0.15) is 0 Å². The van der Waals surface area contributed by atoms with Crippen molar-refractivity contribution in [2.45, 2.75) is 33.6 Å². The fraction of sp³-hybridized carbons (Fsp3) is 0.583. The lowest BCUT2D eigenvalue weighted by molar-refractivity contribution is -0.117. The Kier molecular flexibility index (Phi) is 1.90. The molecule has 0 spiro atoms. The van der Waals surface area contributed by atoms with Crippen LogP contribution < -0.4 is 0 Å². The lowest BCUT2D eigenvalue weighted by atomic mass is 9.87. The average molecular weight is 176 g/mol. The van der Waals surface area contributed by atoms with E-state index >= 15 is 0 Å². The summed E-state index contributed by atoms with van der Waals surface area (Å²) in [6.07, 6.45) is 4.33. The zero-order chi connectivity index (χ0) is 9.59. The number of carbonyl (C=O) groups excluding carboxylic acids is 1. The number of carbonyl (C=O) groups is 1. The molecule has 0 saturated carbocycles. The Bertz CT molecular complexity index is 316. The topological polar surface area (TPSA) is 17.1 Å². The van der Waals surface area contributed by atoms with Crippen LogP contribution in [0.2, 0.25) is 0 Å². The van der Waals surface area contributed by atoms with E-state index in [1.165, 1.54) is 11.1 Å². The van der Waals surface area contributed by atoms with E-state index in [0.717, 1.165) is 18.4 Å². The minimum atomic E-state index is 0.235.